The zero-order valence-corrected chi connectivity index (χ0v) is 11.7. The largest absolute Gasteiger partial charge is 0.454 e. The zero-order valence-electron chi connectivity index (χ0n) is 10.8. The van der Waals surface area contributed by atoms with Gasteiger partial charge >= 0.3 is 5.97 Å². The first kappa shape index (κ1) is 15.2. The molecule has 1 aromatic rings. The van der Waals surface area contributed by atoms with E-state index in [9.17, 15) is 14.4 Å². The molecule has 0 aliphatic carbocycles. The molecule has 0 saturated carbocycles. The summed E-state index contributed by atoms with van der Waals surface area (Å²) in [7, 11) is 1.64. The summed E-state index contributed by atoms with van der Waals surface area (Å²) in [6.45, 7) is 1.24. The summed E-state index contributed by atoms with van der Waals surface area (Å²) in [5.74, 6) is -1.24. The van der Waals surface area contributed by atoms with Crippen LogP contribution in [0.4, 0.5) is 0 Å². The molecule has 0 aliphatic rings. The van der Waals surface area contributed by atoms with E-state index in [-0.39, 0.29) is 25.0 Å². The fraction of sp³-hybridized carbons (Fsp3) is 0.417. The lowest BCUT2D eigenvalue weighted by Crippen LogP contribution is -2.33. The van der Waals surface area contributed by atoms with Crippen LogP contribution in [0.5, 0.6) is 0 Å². The van der Waals surface area contributed by atoms with Gasteiger partial charge in [0.15, 0.2) is 6.61 Å². The van der Waals surface area contributed by atoms with E-state index < -0.39 is 5.97 Å². The van der Waals surface area contributed by atoms with Gasteiger partial charge in [-0.3, -0.25) is 14.4 Å². The minimum atomic E-state index is -0.631. The minimum Gasteiger partial charge on any atom is -0.454 e. The number of nitrogens with zero attached hydrogens (tertiary/aromatic N) is 1. The molecule has 104 valence electrons. The average Bonchev–Trinajstić information content (AvgIpc) is 2.86. The van der Waals surface area contributed by atoms with Crippen LogP contribution >= 0.6 is 11.3 Å². The van der Waals surface area contributed by atoms with Crippen LogP contribution < -0.4 is 5.32 Å². The number of nitrogens with one attached hydrogen (secondary N) is 1. The highest BCUT2D eigenvalue weighted by atomic mass is 32.1. The van der Waals surface area contributed by atoms with Gasteiger partial charge in [0, 0.05) is 18.8 Å². The molecule has 0 atom stereocenters. The molecule has 6 nitrogen and oxygen atoms in total. The Balaban J connectivity index is 2.26. The topological polar surface area (TPSA) is 75.7 Å². The van der Waals surface area contributed by atoms with E-state index in [1.807, 2.05) is 17.5 Å². The molecule has 19 heavy (non-hydrogen) atoms. The first-order chi connectivity index (χ1) is 8.99. The van der Waals surface area contributed by atoms with E-state index in [1.165, 1.54) is 11.8 Å². The summed E-state index contributed by atoms with van der Waals surface area (Å²) >= 11 is 1.56. The summed E-state index contributed by atoms with van der Waals surface area (Å²) in [4.78, 5) is 36.0. The summed E-state index contributed by atoms with van der Waals surface area (Å²) < 4.78 is 4.75. The van der Waals surface area contributed by atoms with Crippen molar-refractivity contribution in [3.63, 3.8) is 0 Å². The third-order valence-electron chi connectivity index (χ3n) is 2.24. The van der Waals surface area contributed by atoms with Gasteiger partial charge in [-0.1, -0.05) is 6.07 Å². The SMILES string of the molecule is CC(=O)NCC(=O)OCC(=O)N(C)Cc1cccs1. The third-order valence-corrected chi connectivity index (χ3v) is 3.10. The predicted molar refractivity (Wildman–Crippen MR) is 70.4 cm³/mol. The molecule has 7 heteroatoms. The molecule has 0 radical (unpaired) electrons. The van der Waals surface area contributed by atoms with Crippen molar-refractivity contribution in [1.29, 1.82) is 0 Å². The van der Waals surface area contributed by atoms with E-state index in [2.05, 4.69) is 5.32 Å². The summed E-state index contributed by atoms with van der Waals surface area (Å²) in [6, 6.07) is 3.84. The fourth-order valence-electron chi connectivity index (χ4n) is 1.22. The molecule has 1 heterocycles. The molecule has 0 spiro atoms. The summed E-state index contributed by atoms with van der Waals surface area (Å²) in [6.07, 6.45) is 0. The highest BCUT2D eigenvalue weighted by Gasteiger charge is 2.12. The molecule has 0 aromatic carbocycles. The number of carbonyl (C=O) groups excluding carboxylic acids is 3. The average molecular weight is 284 g/mol. The van der Waals surface area contributed by atoms with Crippen molar-refractivity contribution < 1.29 is 19.1 Å². The molecule has 1 N–H and O–H groups in total. The Morgan fingerprint density at radius 1 is 1.42 bits per heavy atom. The van der Waals surface area contributed by atoms with Gasteiger partial charge in [-0.2, -0.15) is 0 Å². The second-order valence-electron chi connectivity index (χ2n) is 3.90. The maximum Gasteiger partial charge on any atom is 0.325 e. The molecular formula is C12H16N2O4S. The Labute approximate surface area is 115 Å². The lowest BCUT2D eigenvalue weighted by molar-refractivity contribution is -0.151. The van der Waals surface area contributed by atoms with Crippen LogP contribution in [0.1, 0.15) is 11.8 Å². The fourth-order valence-corrected chi connectivity index (χ4v) is 1.98. The van der Waals surface area contributed by atoms with Crippen molar-refractivity contribution >= 4 is 29.1 Å². The number of hydrogen-bond acceptors (Lipinski definition) is 5. The van der Waals surface area contributed by atoms with E-state index in [1.54, 1.807) is 18.4 Å². The second kappa shape index (κ2) is 7.52. The highest BCUT2D eigenvalue weighted by Crippen LogP contribution is 2.10. The Morgan fingerprint density at radius 3 is 2.74 bits per heavy atom. The van der Waals surface area contributed by atoms with Gasteiger partial charge in [0.25, 0.3) is 5.91 Å². The number of esters is 1. The summed E-state index contributed by atoms with van der Waals surface area (Å²) in [5, 5.41) is 4.23. The van der Waals surface area contributed by atoms with Crippen LogP contribution in [0, 0.1) is 0 Å². The smallest absolute Gasteiger partial charge is 0.325 e. The first-order valence-corrected chi connectivity index (χ1v) is 6.53. The first-order valence-electron chi connectivity index (χ1n) is 5.65. The maximum atomic E-state index is 11.7. The Morgan fingerprint density at radius 2 is 2.16 bits per heavy atom. The molecule has 2 amide bonds. The van der Waals surface area contributed by atoms with Crippen molar-refractivity contribution in [2.24, 2.45) is 0 Å². The lowest BCUT2D eigenvalue weighted by atomic mass is 10.4. The van der Waals surface area contributed by atoms with Gasteiger partial charge in [-0.05, 0) is 11.4 Å². The summed E-state index contributed by atoms with van der Waals surface area (Å²) in [5.41, 5.74) is 0. The number of ether oxygens (including phenoxy) is 1. The van der Waals surface area contributed by atoms with Crippen LogP contribution in [-0.2, 0) is 25.7 Å². The Bertz CT molecular complexity index is 445. The lowest BCUT2D eigenvalue weighted by Gasteiger charge is -2.16. The third kappa shape index (κ3) is 6.01. The Hall–Kier alpha value is -1.89. The van der Waals surface area contributed by atoms with Gasteiger partial charge in [0.05, 0.1) is 6.54 Å². The zero-order chi connectivity index (χ0) is 14.3. The van der Waals surface area contributed by atoms with E-state index in [0.29, 0.717) is 6.54 Å². The van der Waals surface area contributed by atoms with E-state index in [4.69, 9.17) is 4.74 Å². The molecule has 1 aromatic heterocycles. The van der Waals surface area contributed by atoms with Gasteiger partial charge in [-0.25, -0.2) is 0 Å². The molecular weight excluding hydrogens is 268 g/mol. The van der Waals surface area contributed by atoms with Crippen molar-refractivity contribution in [2.45, 2.75) is 13.5 Å². The quantitative estimate of drug-likeness (QED) is 0.767. The van der Waals surface area contributed by atoms with Gasteiger partial charge < -0.3 is 15.0 Å². The van der Waals surface area contributed by atoms with Crippen LogP contribution in [0.2, 0.25) is 0 Å². The highest BCUT2D eigenvalue weighted by molar-refractivity contribution is 7.09. The van der Waals surface area contributed by atoms with Crippen LogP contribution in [0.25, 0.3) is 0 Å². The van der Waals surface area contributed by atoms with Crippen LogP contribution in [0.3, 0.4) is 0 Å². The van der Waals surface area contributed by atoms with Crippen molar-refractivity contribution in [3.05, 3.63) is 22.4 Å². The number of amides is 2. The van der Waals surface area contributed by atoms with Crippen LogP contribution in [-0.4, -0.2) is 42.9 Å². The number of likely N-dealkylation sites (N-methyl/N-ethyl adjacent to an activating group) is 1. The van der Waals surface area contributed by atoms with Crippen molar-refractivity contribution in [1.82, 2.24) is 10.2 Å². The second-order valence-corrected chi connectivity index (χ2v) is 4.93. The van der Waals surface area contributed by atoms with Gasteiger partial charge in [0.2, 0.25) is 5.91 Å². The van der Waals surface area contributed by atoms with Crippen molar-refractivity contribution in [2.75, 3.05) is 20.2 Å². The van der Waals surface area contributed by atoms with Crippen LogP contribution in [0.15, 0.2) is 17.5 Å². The molecule has 0 bridgehead atoms. The van der Waals surface area contributed by atoms with Gasteiger partial charge in [0.1, 0.15) is 6.54 Å². The molecule has 0 unspecified atom stereocenters. The van der Waals surface area contributed by atoms with Crippen molar-refractivity contribution in [3.8, 4) is 0 Å². The number of thiophene rings is 1. The monoisotopic (exact) mass is 284 g/mol. The minimum absolute atomic E-state index is 0.225. The maximum absolute atomic E-state index is 11.7. The molecule has 0 aliphatic heterocycles. The number of carbonyl (C=O) groups is 3. The molecule has 0 saturated heterocycles. The Kier molecular flexibility index (Phi) is 6.01. The molecule has 0 fully saturated rings. The normalized spacial score (nSPS) is 9.79. The van der Waals surface area contributed by atoms with Gasteiger partial charge in [-0.15, -0.1) is 11.3 Å². The molecule has 1 rings (SSSR count). The van der Waals surface area contributed by atoms with E-state index >= 15 is 0 Å². The van der Waals surface area contributed by atoms with E-state index in [0.717, 1.165) is 4.88 Å². The number of rotatable bonds is 6. The standard InChI is InChI=1S/C12H16N2O4S/c1-9(15)13-6-12(17)18-8-11(16)14(2)7-10-4-3-5-19-10/h3-5H,6-8H2,1-2H3,(H,13,15). The predicted octanol–water partition coefficient (Wildman–Crippen LogP) is 0.386. The number of hydrogen-bond donors (Lipinski definition) is 1.